The van der Waals surface area contributed by atoms with Crippen LogP contribution in [0.4, 0.5) is 0 Å². The molecule has 0 amide bonds. The Morgan fingerprint density at radius 2 is 1.85 bits per heavy atom. The molecule has 34 heavy (non-hydrogen) atoms. The number of methoxy groups -OCH3 is 2. The number of aliphatic hydroxyl groups is 1. The van der Waals surface area contributed by atoms with E-state index in [-0.39, 0.29) is 0 Å². The van der Waals surface area contributed by atoms with Gasteiger partial charge in [-0.15, -0.1) is 11.3 Å². The maximum absolute atomic E-state index is 10.2. The summed E-state index contributed by atoms with van der Waals surface area (Å²) in [6.45, 7) is 2.33. The molecule has 0 fully saturated rings. The molecular formula is C26H29N3O4S. The molecule has 2 aromatic heterocycles. The Labute approximate surface area is 203 Å². The van der Waals surface area contributed by atoms with Crippen molar-refractivity contribution in [2.45, 2.75) is 25.7 Å². The van der Waals surface area contributed by atoms with Crippen molar-refractivity contribution in [2.24, 2.45) is 0 Å². The van der Waals surface area contributed by atoms with E-state index in [0.717, 1.165) is 33.9 Å². The Bertz CT molecular complexity index is 1170. The van der Waals surface area contributed by atoms with Crippen LogP contribution in [0, 0.1) is 0 Å². The fourth-order valence-electron chi connectivity index (χ4n) is 3.56. The summed E-state index contributed by atoms with van der Waals surface area (Å²) >= 11 is 1.66. The smallest absolute Gasteiger partial charge is 0.176 e. The molecule has 1 unspecified atom stereocenters. The molecule has 2 atom stereocenters. The number of aliphatic hydroxyl groups excluding tert-OH is 1. The van der Waals surface area contributed by atoms with E-state index in [0.29, 0.717) is 23.8 Å². The predicted molar refractivity (Wildman–Crippen MR) is 135 cm³/mol. The zero-order valence-electron chi connectivity index (χ0n) is 19.4. The molecule has 0 saturated carbocycles. The second kappa shape index (κ2) is 11.2. The third-order valence-corrected chi connectivity index (χ3v) is 6.28. The molecule has 2 heterocycles. The number of ether oxygens (including phenoxy) is 3. The molecule has 0 aliphatic rings. The molecule has 4 aromatic rings. The van der Waals surface area contributed by atoms with Gasteiger partial charge in [-0.25, -0.2) is 4.98 Å². The van der Waals surface area contributed by atoms with Crippen molar-refractivity contribution in [3.8, 4) is 39.2 Å². The summed E-state index contributed by atoms with van der Waals surface area (Å²) in [4.78, 5) is 9.04. The third-order valence-electron chi connectivity index (χ3n) is 5.39. The van der Waals surface area contributed by atoms with E-state index in [1.165, 1.54) is 0 Å². The Balaban J connectivity index is 1.34. The number of benzene rings is 2. The van der Waals surface area contributed by atoms with Crippen LogP contribution in [0.5, 0.6) is 17.2 Å². The highest BCUT2D eigenvalue weighted by Gasteiger charge is 2.17. The van der Waals surface area contributed by atoms with E-state index >= 15 is 0 Å². The zero-order valence-corrected chi connectivity index (χ0v) is 20.3. The van der Waals surface area contributed by atoms with Crippen molar-refractivity contribution in [2.75, 3.05) is 20.8 Å². The second-order valence-corrected chi connectivity index (χ2v) is 8.76. The van der Waals surface area contributed by atoms with Gasteiger partial charge in [0.05, 0.1) is 24.8 Å². The van der Waals surface area contributed by atoms with Crippen molar-refractivity contribution in [3.05, 3.63) is 71.7 Å². The van der Waals surface area contributed by atoms with Gasteiger partial charge in [-0.2, -0.15) is 0 Å². The standard InChI is InChI=1S/C26H29N3O4S/c1-17(30)26(27-13-12-18-6-11-22(31-2)23(15-18)32-3)33-20-9-7-19(8-10-20)25-28-16-21(29-25)24-5-4-14-34-24/h4-11,14-17,26-27,30H,12-13H2,1-3H3,(H,28,29)/t17?,26-/m0/s1. The largest absolute Gasteiger partial charge is 0.493 e. The summed E-state index contributed by atoms with van der Waals surface area (Å²) in [5, 5.41) is 15.5. The Morgan fingerprint density at radius 3 is 2.53 bits per heavy atom. The summed E-state index contributed by atoms with van der Waals surface area (Å²) in [5.74, 6) is 2.86. The average molecular weight is 480 g/mol. The number of nitrogens with zero attached hydrogens (tertiary/aromatic N) is 1. The molecule has 7 nitrogen and oxygen atoms in total. The SMILES string of the molecule is COc1ccc(CCN[C@@H](Oc2ccc(-c3nc(-c4cccs4)c[nH]3)cc2)C(C)O)cc1OC. The fraction of sp³-hybridized carbons (Fsp3) is 0.269. The molecule has 2 aromatic carbocycles. The van der Waals surface area contributed by atoms with Crippen LogP contribution in [-0.2, 0) is 6.42 Å². The van der Waals surface area contributed by atoms with E-state index in [1.54, 1.807) is 32.5 Å². The maximum Gasteiger partial charge on any atom is 0.176 e. The first kappa shape index (κ1) is 23.8. The fourth-order valence-corrected chi connectivity index (χ4v) is 4.25. The molecule has 0 bridgehead atoms. The topological polar surface area (TPSA) is 88.6 Å². The molecule has 0 aliphatic carbocycles. The molecule has 4 rings (SSSR count). The summed E-state index contributed by atoms with van der Waals surface area (Å²) in [6.07, 6.45) is 1.43. The molecule has 3 N–H and O–H groups in total. The predicted octanol–water partition coefficient (Wildman–Crippen LogP) is 4.74. The highest BCUT2D eigenvalue weighted by molar-refractivity contribution is 7.13. The first-order chi connectivity index (χ1) is 16.6. The summed E-state index contributed by atoms with van der Waals surface area (Å²) in [5.41, 5.74) is 2.99. The molecule has 0 radical (unpaired) electrons. The van der Waals surface area contributed by atoms with Gasteiger partial charge < -0.3 is 24.3 Å². The molecule has 178 valence electrons. The highest BCUT2D eigenvalue weighted by atomic mass is 32.1. The number of aromatic nitrogens is 2. The van der Waals surface area contributed by atoms with E-state index in [9.17, 15) is 5.11 Å². The number of imidazole rings is 1. The first-order valence-corrected chi connectivity index (χ1v) is 11.9. The third kappa shape index (κ3) is 5.77. The number of hydrogen-bond acceptors (Lipinski definition) is 7. The first-order valence-electron chi connectivity index (χ1n) is 11.1. The molecule has 0 spiro atoms. The van der Waals surface area contributed by atoms with Crippen LogP contribution >= 0.6 is 11.3 Å². The van der Waals surface area contributed by atoms with Gasteiger partial charge in [0, 0.05) is 18.3 Å². The lowest BCUT2D eigenvalue weighted by Crippen LogP contribution is -2.43. The van der Waals surface area contributed by atoms with E-state index < -0.39 is 12.3 Å². The van der Waals surface area contributed by atoms with Crippen molar-refractivity contribution in [3.63, 3.8) is 0 Å². The number of H-pyrrole nitrogens is 1. The number of hydrogen-bond donors (Lipinski definition) is 3. The highest BCUT2D eigenvalue weighted by Crippen LogP contribution is 2.28. The van der Waals surface area contributed by atoms with Gasteiger partial charge >= 0.3 is 0 Å². The van der Waals surface area contributed by atoms with Gasteiger partial charge in [-0.3, -0.25) is 5.32 Å². The molecule has 8 heteroatoms. The van der Waals surface area contributed by atoms with Gasteiger partial charge in [0.25, 0.3) is 0 Å². The van der Waals surface area contributed by atoms with Crippen LogP contribution in [0.2, 0.25) is 0 Å². The van der Waals surface area contributed by atoms with Crippen LogP contribution < -0.4 is 19.5 Å². The van der Waals surface area contributed by atoms with Gasteiger partial charge in [0.2, 0.25) is 0 Å². The monoisotopic (exact) mass is 479 g/mol. The lowest BCUT2D eigenvalue weighted by atomic mass is 10.1. The van der Waals surface area contributed by atoms with Crippen LogP contribution in [0.15, 0.2) is 66.2 Å². The maximum atomic E-state index is 10.2. The Morgan fingerprint density at radius 1 is 1.06 bits per heavy atom. The van der Waals surface area contributed by atoms with Crippen LogP contribution in [0.1, 0.15) is 12.5 Å². The quantitative estimate of drug-likeness (QED) is 0.269. The van der Waals surface area contributed by atoms with E-state index in [4.69, 9.17) is 14.2 Å². The van der Waals surface area contributed by atoms with Crippen LogP contribution in [0.25, 0.3) is 22.0 Å². The Kier molecular flexibility index (Phi) is 7.84. The van der Waals surface area contributed by atoms with Gasteiger partial charge in [-0.1, -0.05) is 12.1 Å². The van der Waals surface area contributed by atoms with Gasteiger partial charge in [-0.05, 0) is 66.8 Å². The van der Waals surface area contributed by atoms with Crippen molar-refractivity contribution in [1.82, 2.24) is 15.3 Å². The Hall–Kier alpha value is -3.33. The van der Waals surface area contributed by atoms with Crippen LogP contribution in [-0.4, -0.2) is 48.2 Å². The summed E-state index contributed by atoms with van der Waals surface area (Å²) in [6, 6.07) is 17.6. The molecule has 0 saturated heterocycles. The van der Waals surface area contributed by atoms with Gasteiger partial charge in [0.15, 0.2) is 17.7 Å². The number of nitrogens with one attached hydrogen (secondary N) is 2. The number of thiophene rings is 1. The van der Waals surface area contributed by atoms with Crippen LogP contribution in [0.3, 0.4) is 0 Å². The van der Waals surface area contributed by atoms with E-state index in [1.807, 2.05) is 60.1 Å². The molecule has 0 aliphatic heterocycles. The minimum atomic E-state index is -0.691. The average Bonchev–Trinajstić information content (AvgIpc) is 3.56. The summed E-state index contributed by atoms with van der Waals surface area (Å²) in [7, 11) is 3.24. The molecular weight excluding hydrogens is 450 g/mol. The second-order valence-electron chi connectivity index (χ2n) is 7.81. The zero-order chi connectivity index (χ0) is 23.9. The lowest BCUT2D eigenvalue weighted by Gasteiger charge is -2.23. The van der Waals surface area contributed by atoms with E-state index in [2.05, 4.69) is 21.4 Å². The normalized spacial score (nSPS) is 12.8. The number of aromatic amines is 1. The lowest BCUT2D eigenvalue weighted by molar-refractivity contribution is 0.0274. The van der Waals surface area contributed by atoms with Crippen molar-refractivity contribution < 1.29 is 19.3 Å². The summed E-state index contributed by atoms with van der Waals surface area (Å²) < 4.78 is 16.7. The minimum absolute atomic E-state index is 0.542. The van der Waals surface area contributed by atoms with Gasteiger partial charge in [0.1, 0.15) is 17.7 Å². The van der Waals surface area contributed by atoms with Crippen molar-refractivity contribution in [1.29, 1.82) is 0 Å². The van der Waals surface area contributed by atoms with Crippen molar-refractivity contribution >= 4 is 11.3 Å². The number of rotatable bonds is 11. The minimum Gasteiger partial charge on any atom is -0.493 e.